The van der Waals surface area contributed by atoms with Crippen LogP contribution in [0.1, 0.15) is 6.42 Å². The van der Waals surface area contributed by atoms with Crippen molar-refractivity contribution in [1.29, 1.82) is 0 Å². The minimum Gasteiger partial charge on any atom is -0.377 e. The number of hydrogen-bond acceptors (Lipinski definition) is 1. The number of alkyl halides is 1. The molecule has 0 amide bonds. The number of rotatable bonds is 0. The maximum Gasteiger partial charge on any atom is 0.195 e. The van der Waals surface area contributed by atoms with E-state index < -0.39 is 5.67 Å². The molecular formula is C6H7FO. The Kier molecular flexibility index (Phi) is 1.22. The van der Waals surface area contributed by atoms with E-state index in [9.17, 15) is 4.39 Å². The lowest BCUT2D eigenvalue weighted by Crippen LogP contribution is -2.18. The summed E-state index contributed by atoms with van der Waals surface area (Å²) in [4.78, 5) is 0. The molecular weight excluding hydrogens is 107 g/mol. The van der Waals surface area contributed by atoms with Gasteiger partial charge in [-0.1, -0.05) is 5.92 Å². The Bertz CT molecular complexity index is 119. The van der Waals surface area contributed by atoms with E-state index in [1.54, 1.807) is 0 Å². The third-order valence-corrected chi connectivity index (χ3v) is 1.23. The smallest absolute Gasteiger partial charge is 0.195 e. The molecule has 1 saturated heterocycles. The molecule has 1 aliphatic rings. The minimum atomic E-state index is -1.46. The van der Waals surface area contributed by atoms with Crippen LogP contribution in [0.5, 0.6) is 0 Å². The Balaban J connectivity index is 2.56. The second-order valence-electron chi connectivity index (χ2n) is 1.91. The molecule has 0 aromatic heterocycles. The topological polar surface area (TPSA) is 9.23 Å². The summed E-state index contributed by atoms with van der Waals surface area (Å²) in [5, 5.41) is 0. The standard InChI is InChI=1S/C6H7FO/c1-2-6(7)3-4-8-5-6/h1H,3-5H2. The Labute approximate surface area is 47.8 Å². The number of hydrogen-bond donors (Lipinski definition) is 0. The minimum absolute atomic E-state index is 0.0729. The van der Waals surface area contributed by atoms with Crippen LogP contribution in [0.15, 0.2) is 0 Å². The monoisotopic (exact) mass is 114 g/mol. The van der Waals surface area contributed by atoms with Crippen molar-refractivity contribution in [3.8, 4) is 12.3 Å². The van der Waals surface area contributed by atoms with Crippen molar-refractivity contribution >= 4 is 0 Å². The van der Waals surface area contributed by atoms with Crippen molar-refractivity contribution in [2.45, 2.75) is 12.1 Å². The van der Waals surface area contributed by atoms with Crippen molar-refractivity contribution in [2.75, 3.05) is 13.2 Å². The average molecular weight is 114 g/mol. The highest BCUT2D eigenvalue weighted by Gasteiger charge is 2.31. The molecule has 0 bridgehead atoms. The zero-order valence-electron chi connectivity index (χ0n) is 4.48. The first-order chi connectivity index (χ1) is 3.77. The molecule has 1 unspecified atom stereocenters. The van der Waals surface area contributed by atoms with Crippen molar-refractivity contribution in [2.24, 2.45) is 0 Å². The summed E-state index contributed by atoms with van der Waals surface area (Å²) < 4.78 is 17.4. The SMILES string of the molecule is C#CC1(F)CCOC1. The summed E-state index contributed by atoms with van der Waals surface area (Å²) in [5.41, 5.74) is -1.46. The number of halogens is 1. The van der Waals surface area contributed by atoms with Gasteiger partial charge in [-0.3, -0.25) is 0 Å². The lowest BCUT2D eigenvalue weighted by Gasteiger charge is -2.05. The van der Waals surface area contributed by atoms with Gasteiger partial charge in [-0.2, -0.15) is 0 Å². The highest BCUT2D eigenvalue weighted by molar-refractivity contribution is 5.09. The Hall–Kier alpha value is -0.550. The van der Waals surface area contributed by atoms with Gasteiger partial charge in [0, 0.05) is 6.42 Å². The van der Waals surface area contributed by atoms with Crippen LogP contribution < -0.4 is 0 Å². The summed E-state index contributed by atoms with van der Waals surface area (Å²) in [6, 6.07) is 0. The van der Waals surface area contributed by atoms with Gasteiger partial charge in [-0.05, 0) is 0 Å². The molecule has 0 saturated carbocycles. The van der Waals surface area contributed by atoms with Crippen molar-refractivity contribution in [1.82, 2.24) is 0 Å². The lowest BCUT2D eigenvalue weighted by molar-refractivity contribution is 0.148. The van der Waals surface area contributed by atoms with Crippen LogP contribution in [-0.2, 0) is 4.74 Å². The van der Waals surface area contributed by atoms with Crippen LogP contribution in [-0.4, -0.2) is 18.9 Å². The van der Waals surface area contributed by atoms with Gasteiger partial charge in [0.25, 0.3) is 0 Å². The van der Waals surface area contributed by atoms with Crippen LogP contribution in [0.25, 0.3) is 0 Å². The highest BCUT2D eigenvalue weighted by atomic mass is 19.1. The summed E-state index contributed by atoms with van der Waals surface area (Å²) >= 11 is 0. The van der Waals surface area contributed by atoms with Crippen LogP contribution in [0.4, 0.5) is 4.39 Å². The van der Waals surface area contributed by atoms with E-state index in [0.717, 1.165) is 0 Å². The molecule has 1 fully saturated rings. The molecule has 2 heteroatoms. The van der Waals surface area contributed by atoms with Gasteiger partial charge in [-0.15, -0.1) is 6.42 Å². The number of ether oxygens (including phenoxy) is 1. The van der Waals surface area contributed by atoms with E-state index in [1.165, 1.54) is 0 Å². The first kappa shape index (κ1) is 5.58. The van der Waals surface area contributed by atoms with E-state index in [1.807, 2.05) is 5.92 Å². The third-order valence-electron chi connectivity index (χ3n) is 1.23. The second kappa shape index (κ2) is 1.75. The molecule has 0 aromatic rings. The van der Waals surface area contributed by atoms with Crippen molar-refractivity contribution < 1.29 is 9.13 Å². The van der Waals surface area contributed by atoms with Crippen molar-refractivity contribution in [3.05, 3.63) is 0 Å². The largest absolute Gasteiger partial charge is 0.377 e. The van der Waals surface area contributed by atoms with Crippen LogP contribution in [0.2, 0.25) is 0 Å². The maximum absolute atomic E-state index is 12.7. The van der Waals surface area contributed by atoms with Crippen LogP contribution >= 0.6 is 0 Å². The molecule has 1 rings (SSSR count). The molecule has 44 valence electrons. The van der Waals surface area contributed by atoms with Crippen LogP contribution in [0, 0.1) is 12.3 Å². The normalized spacial score (nSPS) is 37.0. The van der Waals surface area contributed by atoms with E-state index in [2.05, 4.69) is 0 Å². The first-order valence-electron chi connectivity index (χ1n) is 2.51. The van der Waals surface area contributed by atoms with Gasteiger partial charge < -0.3 is 4.74 Å². The van der Waals surface area contributed by atoms with Crippen molar-refractivity contribution in [3.63, 3.8) is 0 Å². The van der Waals surface area contributed by atoms with Gasteiger partial charge in [-0.25, -0.2) is 4.39 Å². The predicted molar refractivity (Wildman–Crippen MR) is 28.1 cm³/mol. The molecule has 1 heterocycles. The Morgan fingerprint density at radius 2 is 2.50 bits per heavy atom. The fourth-order valence-corrected chi connectivity index (χ4v) is 0.654. The summed E-state index contributed by atoms with van der Waals surface area (Å²) in [7, 11) is 0. The van der Waals surface area contributed by atoms with E-state index >= 15 is 0 Å². The van der Waals surface area contributed by atoms with Crippen LogP contribution in [0.3, 0.4) is 0 Å². The second-order valence-corrected chi connectivity index (χ2v) is 1.91. The Morgan fingerprint density at radius 3 is 2.75 bits per heavy atom. The molecule has 1 atom stereocenters. The van der Waals surface area contributed by atoms with E-state index in [0.29, 0.717) is 13.0 Å². The highest BCUT2D eigenvalue weighted by Crippen LogP contribution is 2.21. The lowest BCUT2D eigenvalue weighted by atomic mass is 10.1. The maximum atomic E-state index is 12.7. The zero-order valence-corrected chi connectivity index (χ0v) is 4.48. The summed E-state index contributed by atoms with van der Waals surface area (Å²) in [6.45, 7) is 0.532. The summed E-state index contributed by atoms with van der Waals surface area (Å²) in [6.07, 6.45) is 5.21. The molecule has 0 radical (unpaired) electrons. The van der Waals surface area contributed by atoms with Gasteiger partial charge in [0.05, 0.1) is 13.2 Å². The van der Waals surface area contributed by atoms with Gasteiger partial charge in [0.2, 0.25) is 0 Å². The molecule has 0 aromatic carbocycles. The fourth-order valence-electron chi connectivity index (χ4n) is 0.654. The molecule has 8 heavy (non-hydrogen) atoms. The molecule has 1 nitrogen and oxygen atoms in total. The van der Waals surface area contributed by atoms with E-state index in [4.69, 9.17) is 11.2 Å². The third kappa shape index (κ3) is 0.823. The zero-order chi connectivity index (χ0) is 6.04. The first-order valence-corrected chi connectivity index (χ1v) is 2.51. The molecule has 1 aliphatic heterocycles. The van der Waals surface area contributed by atoms with Gasteiger partial charge in [0.1, 0.15) is 0 Å². The van der Waals surface area contributed by atoms with Gasteiger partial charge >= 0.3 is 0 Å². The number of terminal acetylenes is 1. The summed E-state index contributed by atoms with van der Waals surface area (Å²) in [5.74, 6) is 2.05. The molecule has 0 aliphatic carbocycles. The van der Waals surface area contributed by atoms with Gasteiger partial charge in [0.15, 0.2) is 5.67 Å². The average Bonchev–Trinajstić information content (AvgIpc) is 2.17. The molecule has 0 N–H and O–H groups in total. The Morgan fingerprint density at radius 1 is 1.75 bits per heavy atom. The quantitative estimate of drug-likeness (QED) is 0.422. The predicted octanol–water partition coefficient (Wildman–Crippen LogP) is 0.748. The fraction of sp³-hybridized carbons (Fsp3) is 0.667. The van der Waals surface area contributed by atoms with E-state index in [-0.39, 0.29) is 6.61 Å². The molecule has 0 spiro atoms.